The smallest absolute Gasteiger partial charge is 0.311 e. The largest absolute Gasteiger partial charge is 0.497 e. The van der Waals surface area contributed by atoms with Gasteiger partial charge in [-0.05, 0) is 80.4 Å². The van der Waals surface area contributed by atoms with E-state index in [1.54, 1.807) is 7.11 Å². The molecule has 0 aliphatic heterocycles. The molecule has 0 saturated carbocycles. The predicted octanol–water partition coefficient (Wildman–Crippen LogP) is 6.16. The summed E-state index contributed by atoms with van der Waals surface area (Å²) >= 11 is 0. The van der Waals surface area contributed by atoms with Crippen molar-refractivity contribution in [3.8, 4) is 34.1 Å². The van der Waals surface area contributed by atoms with Crippen LogP contribution in [0.5, 0.6) is 23.0 Å². The van der Waals surface area contributed by atoms with Crippen LogP contribution in [0.4, 0.5) is 0 Å². The standard InChI is InChI=1S/C30H36O7/c1-30(2,3)29(31)36-22-20-34-18-17-33-19-21-35-26-13-15-28(16-14-26)37-27-11-7-24(8-12-27)23-5-9-25(32-4)10-6-23/h5-16H,17-22H2,1-4H3. The van der Waals surface area contributed by atoms with E-state index < -0.39 is 5.41 Å². The second-order valence-corrected chi connectivity index (χ2v) is 9.29. The Kier molecular flexibility index (Phi) is 10.8. The van der Waals surface area contributed by atoms with Crippen LogP contribution in [0.3, 0.4) is 0 Å². The van der Waals surface area contributed by atoms with Gasteiger partial charge >= 0.3 is 5.97 Å². The molecule has 0 unspecified atom stereocenters. The lowest BCUT2D eigenvalue weighted by molar-refractivity contribution is -0.154. The molecule has 3 aromatic carbocycles. The van der Waals surface area contributed by atoms with E-state index in [0.717, 1.165) is 34.1 Å². The van der Waals surface area contributed by atoms with Crippen molar-refractivity contribution in [3.63, 3.8) is 0 Å². The molecule has 3 rings (SSSR count). The van der Waals surface area contributed by atoms with Crippen molar-refractivity contribution in [1.29, 1.82) is 0 Å². The van der Waals surface area contributed by atoms with Gasteiger partial charge in [-0.2, -0.15) is 0 Å². The Labute approximate surface area is 219 Å². The number of esters is 1. The Hall–Kier alpha value is -3.55. The van der Waals surface area contributed by atoms with E-state index in [9.17, 15) is 4.79 Å². The first-order valence-corrected chi connectivity index (χ1v) is 12.3. The van der Waals surface area contributed by atoms with Crippen molar-refractivity contribution in [2.45, 2.75) is 20.8 Å². The molecule has 3 aromatic rings. The Bertz CT molecular complexity index is 1070. The molecule has 0 amide bonds. The van der Waals surface area contributed by atoms with Crippen LogP contribution in [0.2, 0.25) is 0 Å². The third-order valence-corrected chi connectivity index (χ3v) is 5.28. The van der Waals surface area contributed by atoms with Gasteiger partial charge in [0, 0.05) is 0 Å². The van der Waals surface area contributed by atoms with Gasteiger partial charge in [0.15, 0.2) is 0 Å². The van der Waals surface area contributed by atoms with Gasteiger partial charge in [0.2, 0.25) is 0 Å². The summed E-state index contributed by atoms with van der Waals surface area (Å²) in [6.07, 6.45) is 0. The number of carbonyl (C=O) groups is 1. The van der Waals surface area contributed by atoms with Crippen LogP contribution < -0.4 is 14.2 Å². The van der Waals surface area contributed by atoms with Crippen LogP contribution in [0.1, 0.15) is 20.8 Å². The fourth-order valence-electron chi connectivity index (χ4n) is 3.19. The molecule has 0 aliphatic carbocycles. The quantitative estimate of drug-likeness (QED) is 0.191. The number of hydrogen-bond donors (Lipinski definition) is 0. The van der Waals surface area contributed by atoms with Crippen molar-refractivity contribution in [1.82, 2.24) is 0 Å². The molecule has 0 bridgehead atoms. The first kappa shape index (κ1) is 28.0. The lowest BCUT2D eigenvalue weighted by Gasteiger charge is -2.16. The average molecular weight is 509 g/mol. The first-order chi connectivity index (χ1) is 17.8. The number of carbonyl (C=O) groups excluding carboxylic acids is 1. The number of hydrogen-bond acceptors (Lipinski definition) is 7. The molecule has 0 aromatic heterocycles. The van der Waals surface area contributed by atoms with Gasteiger partial charge in [-0.15, -0.1) is 0 Å². The summed E-state index contributed by atoms with van der Waals surface area (Å²) in [6, 6.07) is 23.4. The first-order valence-electron chi connectivity index (χ1n) is 12.3. The summed E-state index contributed by atoms with van der Waals surface area (Å²) in [5, 5.41) is 0. The molecular formula is C30H36O7. The molecule has 0 saturated heterocycles. The van der Waals surface area contributed by atoms with Gasteiger partial charge in [0.1, 0.15) is 36.2 Å². The van der Waals surface area contributed by atoms with Crippen LogP contribution in [0.15, 0.2) is 72.8 Å². The monoisotopic (exact) mass is 508 g/mol. The van der Waals surface area contributed by atoms with Crippen LogP contribution in [0.25, 0.3) is 11.1 Å². The fraction of sp³-hybridized carbons (Fsp3) is 0.367. The number of ether oxygens (including phenoxy) is 6. The lowest BCUT2D eigenvalue weighted by Crippen LogP contribution is -2.24. The minimum Gasteiger partial charge on any atom is -0.497 e. The highest BCUT2D eigenvalue weighted by atomic mass is 16.6. The number of methoxy groups -OCH3 is 1. The number of benzene rings is 3. The van der Waals surface area contributed by atoms with Gasteiger partial charge in [-0.1, -0.05) is 24.3 Å². The molecule has 0 spiro atoms. The van der Waals surface area contributed by atoms with E-state index in [0.29, 0.717) is 33.0 Å². The normalized spacial score (nSPS) is 11.1. The van der Waals surface area contributed by atoms with Crippen molar-refractivity contribution < 1.29 is 33.2 Å². The minimum atomic E-state index is -0.498. The van der Waals surface area contributed by atoms with Gasteiger partial charge in [-0.25, -0.2) is 0 Å². The van der Waals surface area contributed by atoms with Crippen molar-refractivity contribution in [3.05, 3.63) is 72.8 Å². The topological polar surface area (TPSA) is 72.5 Å². The molecular weight excluding hydrogens is 472 g/mol. The molecule has 198 valence electrons. The molecule has 0 fully saturated rings. The molecule has 7 nitrogen and oxygen atoms in total. The predicted molar refractivity (Wildman–Crippen MR) is 142 cm³/mol. The van der Waals surface area contributed by atoms with Crippen molar-refractivity contribution >= 4 is 5.97 Å². The maximum absolute atomic E-state index is 11.6. The highest BCUT2D eigenvalue weighted by Gasteiger charge is 2.22. The molecule has 7 heteroatoms. The van der Waals surface area contributed by atoms with Gasteiger partial charge in [0.05, 0.1) is 39.0 Å². The Morgan fingerprint density at radius 1 is 0.595 bits per heavy atom. The third kappa shape index (κ3) is 9.79. The van der Waals surface area contributed by atoms with E-state index in [1.807, 2.05) is 93.6 Å². The fourth-order valence-corrected chi connectivity index (χ4v) is 3.19. The molecule has 0 radical (unpaired) electrons. The average Bonchev–Trinajstić information content (AvgIpc) is 2.90. The summed E-state index contributed by atoms with van der Waals surface area (Å²) in [7, 11) is 1.66. The summed E-state index contributed by atoms with van der Waals surface area (Å²) in [4.78, 5) is 11.6. The Morgan fingerprint density at radius 2 is 1.03 bits per heavy atom. The highest BCUT2D eigenvalue weighted by Crippen LogP contribution is 2.28. The molecule has 37 heavy (non-hydrogen) atoms. The van der Waals surface area contributed by atoms with Crippen LogP contribution >= 0.6 is 0 Å². The SMILES string of the molecule is COc1ccc(-c2ccc(Oc3ccc(OCCOCCOCCOC(=O)C(C)(C)C)cc3)cc2)cc1. The van der Waals surface area contributed by atoms with Gasteiger partial charge in [0.25, 0.3) is 0 Å². The van der Waals surface area contributed by atoms with Gasteiger partial charge in [-0.3, -0.25) is 4.79 Å². The maximum atomic E-state index is 11.6. The van der Waals surface area contributed by atoms with E-state index in [1.165, 1.54) is 0 Å². The van der Waals surface area contributed by atoms with E-state index >= 15 is 0 Å². The molecule has 0 aliphatic rings. The Morgan fingerprint density at radius 3 is 1.54 bits per heavy atom. The summed E-state index contributed by atoms with van der Waals surface area (Å²) in [5.41, 5.74) is 1.72. The van der Waals surface area contributed by atoms with E-state index in [4.69, 9.17) is 28.4 Å². The minimum absolute atomic E-state index is 0.233. The second kappa shape index (κ2) is 14.3. The number of rotatable bonds is 14. The highest BCUT2D eigenvalue weighted by molar-refractivity contribution is 5.75. The molecule has 0 heterocycles. The van der Waals surface area contributed by atoms with Crippen LogP contribution in [-0.2, 0) is 19.0 Å². The van der Waals surface area contributed by atoms with Crippen molar-refractivity contribution in [2.75, 3.05) is 46.8 Å². The molecule has 0 N–H and O–H groups in total. The van der Waals surface area contributed by atoms with Crippen LogP contribution in [-0.4, -0.2) is 52.7 Å². The zero-order chi connectivity index (χ0) is 26.5. The second-order valence-electron chi connectivity index (χ2n) is 9.29. The van der Waals surface area contributed by atoms with Crippen LogP contribution in [0, 0.1) is 5.41 Å². The van der Waals surface area contributed by atoms with Crippen molar-refractivity contribution in [2.24, 2.45) is 5.41 Å². The lowest BCUT2D eigenvalue weighted by atomic mass is 9.97. The zero-order valence-electron chi connectivity index (χ0n) is 22.0. The summed E-state index contributed by atoms with van der Waals surface area (Å²) in [5.74, 6) is 2.83. The maximum Gasteiger partial charge on any atom is 0.311 e. The Balaban J connectivity index is 1.28. The van der Waals surface area contributed by atoms with E-state index in [2.05, 4.69) is 0 Å². The third-order valence-electron chi connectivity index (χ3n) is 5.28. The molecule has 0 atom stereocenters. The summed E-state index contributed by atoms with van der Waals surface area (Å²) in [6.45, 7) is 7.80. The summed E-state index contributed by atoms with van der Waals surface area (Å²) < 4.78 is 32.9. The van der Waals surface area contributed by atoms with E-state index in [-0.39, 0.29) is 12.6 Å². The zero-order valence-corrected chi connectivity index (χ0v) is 22.0. The van der Waals surface area contributed by atoms with Gasteiger partial charge < -0.3 is 28.4 Å².